The average Bonchev–Trinajstić information content (AvgIpc) is 2.84. The Bertz CT molecular complexity index is 1300. The van der Waals surface area contributed by atoms with Crippen molar-refractivity contribution in [2.45, 2.75) is 11.8 Å². The lowest BCUT2D eigenvalue weighted by atomic mass is 10.2. The van der Waals surface area contributed by atoms with Gasteiger partial charge in [-0.1, -0.05) is 35.9 Å². The zero-order chi connectivity index (χ0) is 24.7. The number of anilines is 1. The van der Waals surface area contributed by atoms with Crippen LogP contribution in [0.4, 0.5) is 5.69 Å². The molecule has 0 aliphatic carbocycles. The molecule has 0 radical (unpaired) electrons. The van der Waals surface area contributed by atoms with Crippen LogP contribution < -0.4 is 14.8 Å². The number of aryl methyl sites for hydroxylation is 1. The smallest absolute Gasteiger partial charge is 0.338 e. The summed E-state index contributed by atoms with van der Waals surface area (Å²) >= 11 is 0. The van der Waals surface area contributed by atoms with Crippen molar-refractivity contribution in [2.75, 3.05) is 18.4 Å². The van der Waals surface area contributed by atoms with Crippen molar-refractivity contribution in [3.63, 3.8) is 0 Å². The molecule has 34 heavy (non-hydrogen) atoms. The van der Waals surface area contributed by atoms with Crippen molar-refractivity contribution in [3.05, 3.63) is 89.5 Å². The van der Waals surface area contributed by atoms with E-state index in [1.807, 2.05) is 6.92 Å². The molecule has 0 aliphatic rings. The summed E-state index contributed by atoms with van der Waals surface area (Å²) in [5.41, 5.74) is 1.45. The van der Waals surface area contributed by atoms with Gasteiger partial charge in [0.2, 0.25) is 0 Å². The second-order valence-corrected chi connectivity index (χ2v) is 8.81. The molecule has 0 bridgehead atoms. The molecular weight excluding hydrogens is 460 g/mol. The Labute approximate surface area is 196 Å². The van der Waals surface area contributed by atoms with E-state index >= 15 is 0 Å². The lowest BCUT2D eigenvalue weighted by molar-refractivity contribution is -0.123. The number of imide groups is 1. The fraction of sp³-hybridized carbons (Fsp3) is 0.125. The number of nitrogens with one attached hydrogen (secondary N) is 2. The third-order valence-corrected chi connectivity index (χ3v) is 6.02. The fourth-order valence-electron chi connectivity index (χ4n) is 2.88. The second kappa shape index (κ2) is 10.6. The third kappa shape index (κ3) is 6.20. The highest BCUT2D eigenvalue weighted by atomic mass is 32.2. The molecule has 0 aliphatic heterocycles. The van der Waals surface area contributed by atoms with Gasteiger partial charge in [-0.3, -0.25) is 19.6 Å². The Hall–Kier alpha value is -4.18. The number of benzene rings is 3. The minimum atomic E-state index is -4.11. The minimum Gasteiger partial charge on any atom is -0.495 e. The summed E-state index contributed by atoms with van der Waals surface area (Å²) < 4.78 is 38.3. The molecule has 0 heterocycles. The van der Waals surface area contributed by atoms with E-state index in [4.69, 9.17) is 9.47 Å². The molecule has 3 aromatic rings. The SMILES string of the molecule is COc1ccc(C(=O)OCC(=O)NC(=O)c2ccccc2)cc1S(=O)(=O)Nc1ccc(C)cc1. The molecule has 10 heteroatoms. The number of esters is 1. The van der Waals surface area contributed by atoms with E-state index in [0.29, 0.717) is 5.69 Å². The summed E-state index contributed by atoms with van der Waals surface area (Å²) in [5, 5.41) is 2.11. The fourth-order valence-corrected chi connectivity index (χ4v) is 4.14. The number of methoxy groups -OCH3 is 1. The average molecular weight is 483 g/mol. The van der Waals surface area contributed by atoms with Gasteiger partial charge in [-0.25, -0.2) is 13.2 Å². The standard InChI is InChI=1S/C24H22N2O7S/c1-16-8-11-19(12-9-16)26-34(30,31)21-14-18(10-13-20(21)32-2)24(29)33-15-22(27)25-23(28)17-6-4-3-5-7-17/h3-14,26H,15H2,1-2H3,(H,25,27,28). The van der Waals surface area contributed by atoms with Crippen LogP contribution in [0.3, 0.4) is 0 Å². The third-order valence-electron chi connectivity index (χ3n) is 4.62. The number of carbonyl (C=O) groups excluding carboxylic acids is 3. The first-order valence-electron chi connectivity index (χ1n) is 10.0. The number of amides is 2. The van der Waals surface area contributed by atoms with Gasteiger partial charge in [0.25, 0.3) is 21.8 Å². The van der Waals surface area contributed by atoms with Crippen LogP contribution in [0.2, 0.25) is 0 Å². The maximum atomic E-state index is 12.9. The molecule has 0 saturated heterocycles. The maximum Gasteiger partial charge on any atom is 0.338 e. The summed E-state index contributed by atoms with van der Waals surface area (Å²) in [4.78, 5) is 36.1. The molecule has 9 nitrogen and oxygen atoms in total. The van der Waals surface area contributed by atoms with Crippen LogP contribution in [-0.4, -0.2) is 39.9 Å². The monoisotopic (exact) mass is 482 g/mol. The molecule has 0 unspecified atom stereocenters. The van der Waals surface area contributed by atoms with Gasteiger partial charge in [0.1, 0.15) is 10.6 Å². The van der Waals surface area contributed by atoms with Crippen LogP contribution in [0, 0.1) is 6.92 Å². The first-order chi connectivity index (χ1) is 16.2. The van der Waals surface area contributed by atoms with Crippen molar-refractivity contribution in [2.24, 2.45) is 0 Å². The number of sulfonamides is 1. The highest BCUT2D eigenvalue weighted by Crippen LogP contribution is 2.27. The summed E-state index contributed by atoms with van der Waals surface area (Å²) in [6.07, 6.45) is 0. The summed E-state index contributed by atoms with van der Waals surface area (Å²) in [5.74, 6) is -2.40. The largest absolute Gasteiger partial charge is 0.495 e. The van der Waals surface area contributed by atoms with Gasteiger partial charge in [0.15, 0.2) is 6.61 Å². The molecule has 176 valence electrons. The van der Waals surface area contributed by atoms with E-state index < -0.39 is 34.4 Å². The topological polar surface area (TPSA) is 128 Å². The van der Waals surface area contributed by atoms with Gasteiger partial charge >= 0.3 is 5.97 Å². The predicted molar refractivity (Wildman–Crippen MR) is 124 cm³/mol. The zero-order valence-electron chi connectivity index (χ0n) is 18.4. The minimum absolute atomic E-state index is 0.0161. The van der Waals surface area contributed by atoms with Crippen molar-refractivity contribution in [1.29, 1.82) is 0 Å². The Kier molecular flexibility index (Phi) is 7.64. The highest BCUT2D eigenvalue weighted by Gasteiger charge is 2.23. The van der Waals surface area contributed by atoms with E-state index in [1.54, 1.807) is 42.5 Å². The summed E-state index contributed by atoms with van der Waals surface area (Å²) in [7, 11) is -2.81. The Morgan fingerprint density at radius 2 is 1.56 bits per heavy atom. The Morgan fingerprint density at radius 1 is 0.882 bits per heavy atom. The van der Waals surface area contributed by atoms with Crippen molar-refractivity contribution < 1.29 is 32.3 Å². The quantitative estimate of drug-likeness (QED) is 0.473. The van der Waals surface area contributed by atoms with Crippen LogP contribution in [0.5, 0.6) is 5.75 Å². The molecule has 0 aromatic heterocycles. The van der Waals surface area contributed by atoms with Crippen molar-refractivity contribution in [3.8, 4) is 5.75 Å². The number of hydrogen-bond acceptors (Lipinski definition) is 7. The van der Waals surface area contributed by atoms with Gasteiger partial charge in [-0.2, -0.15) is 0 Å². The summed E-state index contributed by atoms with van der Waals surface area (Å²) in [6, 6.07) is 18.5. The Morgan fingerprint density at radius 3 is 2.21 bits per heavy atom. The van der Waals surface area contributed by atoms with Crippen LogP contribution in [0.25, 0.3) is 0 Å². The molecule has 0 spiro atoms. The van der Waals surface area contributed by atoms with Gasteiger partial charge in [0, 0.05) is 11.3 Å². The molecule has 3 aromatic carbocycles. The lowest BCUT2D eigenvalue weighted by Crippen LogP contribution is -2.34. The number of carbonyl (C=O) groups is 3. The van der Waals surface area contributed by atoms with E-state index in [1.165, 1.54) is 31.4 Å². The molecule has 0 fully saturated rings. The Balaban J connectivity index is 1.70. The number of hydrogen-bond donors (Lipinski definition) is 2. The lowest BCUT2D eigenvalue weighted by Gasteiger charge is -2.13. The molecular formula is C24H22N2O7S. The molecule has 3 rings (SSSR count). The number of ether oxygens (including phenoxy) is 2. The zero-order valence-corrected chi connectivity index (χ0v) is 19.2. The van der Waals surface area contributed by atoms with E-state index in [0.717, 1.165) is 11.6 Å². The van der Waals surface area contributed by atoms with Crippen LogP contribution >= 0.6 is 0 Å². The maximum absolute atomic E-state index is 12.9. The number of rotatable bonds is 8. The van der Waals surface area contributed by atoms with Gasteiger partial charge in [-0.15, -0.1) is 0 Å². The van der Waals surface area contributed by atoms with E-state index in [2.05, 4.69) is 10.0 Å². The van der Waals surface area contributed by atoms with Crippen molar-refractivity contribution >= 4 is 33.5 Å². The van der Waals surface area contributed by atoms with Crippen LogP contribution in [0.1, 0.15) is 26.3 Å². The molecule has 2 N–H and O–H groups in total. The predicted octanol–water partition coefficient (Wildman–Crippen LogP) is 2.92. The normalized spacial score (nSPS) is 10.8. The van der Waals surface area contributed by atoms with Gasteiger partial charge in [0.05, 0.1) is 12.7 Å². The van der Waals surface area contributed by atoms with Crippen LogP contribution in [0.15, 0.2) is 77.7 Å². The first-order valence-corrected chi connectivity index (χ1v) is 11.5. The van der Waals surface area contributed by atoms with Gasteiger partial charge in [-0.05, 0) is 49.4 Å². The first kappa shape index (κ1) is 24.5. The molecule has 0 atom stereocenters. The summed E-state index contributed by atoms with van der Waals surface area (Å²) in [6.45, 7) is 1.14. The molecule has 0 saturated carbocycles. The van der Waals surface area contributed by atoms with Gasteiger partial charge < -0.3 is 9.47 Å². The van der Waals surface area contributed by atoms with E-state index in [9.17, 15) is 22.8 Å². The van der Waals surface area contributed by atoms with Crippen molar-refractivity contribution in [1.82, 2.24) is 5.32 Å². The molecule has 2 amide bonds. The van der Waals surface area contributed by atoms with E-state index in [-0.39, 0.29) is 21.8 Å². The highest BCUT2D eigenvalue weighted by molar-refractivity contribution is 7.92. The second-order valence-electron chi connectivity index (χ2n) is 7.16. The van der Waals surface area contributed by atoms with Crippen LogP contribution in [-0.2, 0) is 19.6 Å².